The first kappa shape index (κ1) is 36.6. The summed E-state index contributed by atoms with van der Waals surface area (Å²) >= 11 is 0. The number of amides is 2. The maximum atomic E-state index is 14.2. The van der Waals surface area contributed by atoms with E-state index in [1.54, 1.807) is 19.1 Å². The van der Waals surface area contributed by atoms with Crippen molar-refractivity contribution in [2.24, 2.45) is 34.8 Å². The monoisotopic (exact) mass is 690 g/mol. The van der Waals surface area contributed by atoms with Gasteiger partial charge in [-0.1, -0.05) is 39.0 Å². The molecule has 2 aromatic rings. The van der Waals surface area contributed by atoms with Gasteiger partial charge in [0.1, 0.15) is 11.8 Å². The summed E-state index contributed by atoms with van der Waals surface area (Å²) < 4.78 is 6.08. The topological polar surface area (TPSA) is 133 Å². The van der Waals surface area contributed by atoms with Crippen LogP contribution in [0, 0.1) is 29.1 Å². The van der Waals surface area contributed by atoms with Crippen LogP contribution in [0.4, 0.5) is 5.69 Å². The fourth-order valence-electron chi connectivity index (χ4n) is 9.35. The third-order valence-corrected chi connectivity index (χ3v) is 12.5. The van der Waals surface area contributed by atoms with E-state index in [9.17, 15) is 14.7 Å². The second-order valence-corrected chi connectivity index (χ2v) is 16.2. The molecule has 11 nitrogen and oxygen atoms in total. The summed E-state index contributed by atoms with van der Waals surface area (Å²) in [5, 5.41) is 19.3. The predicted molar refractivity (Wildman–Crippen MR) is 196 cm³/mol. The van der Waals surface area contributed by atoms with Crippen molar-refractivity contribution >= 4 is 17.5 Å². The number of anilines is 1. The lowest BCUT2D eigenvalue weighted by atomic mass is 9.45. The summed E-state index contributed by atoms with van der Waals surface area (Å²) in [5.74, 6) is 1.44. The number of aliphatic hydroxyl groups excluding tert-OH is 1. The normalized spacial score (nSPS) is 31.2. The molecule has 2 heterocycles. The quantitative estimate of drug-likeness (QED) is 0.280. The molecule has 9 atom stereocenters. The minimum absolute atomic E-state index is 0.0792. The second kappa shape index (κ2) is 14.4. The Morgan fingerprint density at radius 1 is 1.18 bits per heavy atom. The van der Waals surface area contributed by atoms with E-state index in [0.29, 0.717) is 34.5 Å². The highest BCUT2D eigenvalue weighted by atomic mass is 16.7. The number of fused-ring (bicyclic) bond motifs is 2. The van der Waals surface area contributed by atoms with Crippen molar-refractivity contribution < 1.29 is 24.3 Å². The number of nitrogens with one attached hydrogen (secondary N) is 2. The fourth-order valence-corrected chi connectivity index (χ4v) is 9.35. The maximum absolute atomic E-state index is 14.2. The fraction of sp³-hybridized carbons (Fsp3) is 0.641. The van der Waals surface area contributed by atoms with Gasteiger partial charge in [0.2, 0.25) is 5.91 Å². The lowest BCUT2D eigenvalue weighted by molar-refractivity contribution is -0.175. The van der Waals surface area contributed by atoms with Gasteiger partial charge in [-0.15, -0.1) is 0 Å². The largest absolute Gasteiger partial charge is 0.496 e. The Labute approximate surface area is 297 Å². The molecule has 2 bridgehead atoms. The molecule has 2 amide bonds. The Hall–Kier alpha value is -3.22. The van der Waals surface area contributed by atoms with Crippen LogP contribution in [0.15, 0.2) is 36.4 Å². The van der Waals surface area contributed by atoms with Crippen LogP contribution in [-0.4, -0.2) is 105 Å². The third kappa shape index (κ3) is 6.87. The molecular formula is C39H58N6O5. The number of carbonyl (C=O) groups is 2. The van der Waals surface area contributed by atoms with Gasteiger partial charge in [-0.2, -0.15) is 5.06 Å². The SMILES string of the molecule is COc1c(CN2O[C@@H](CN)[C@@H]([C@H](C)O)[C@H]2C(=O)N[C@H]2C[C@H]3C[C@H]([C@@H]2C)C3(C)C)cccc1-c1cc(C(=O)N[C@@H]2CCN(C)C2)cc(N(C)C)c1. The van der Waals surface area contributed by atoms with E-state index < -0.39 is 24.2 Å². The zero-order chi connectivity index (χ0) is 36.1. The minimum Gasteiger partial charge on any atom is -0.496 e. The van der Waals surface area contributed by atoms with Gasteiger partial charge in [-0.05, 0) is 86.7 Å². The van der Waals surface area contributed by atoms with Crippen molar-refractivity contribution in [3.8, 4) is 16.9 Å². The maximum Gasteiger partial charge on any atom is 0.251 e. The van der Waals surface area contributed by atoms with Crippen molar-refractivity contribution in [1.29, 1.82) is 0 Å². The van der Waals surface area contributed by atoms with Crippen molar-refractivity contribution in [2.45, 2.75) is 83.8 Å². The number of ether oxygens (including phenoxy) is 1. The Kier molecular flexibility index (Phi) is 10.5. The zero-order valence-corrected chi connectivity index (χ0v) is 31.1. The van der Waals surface area contributed by atoms with E-state index in [-0.39, 0.29) is 37.0 Å². The molecule has 5 fully saturated rings. The molecule has 0 aromatic heterocycles. The van der Waals surface area contributed by atoms with Crippen LogP contribution in [0.2, 0.25) is 0 Å². The van der Waals surface area contributed by atoms with E-state index in [0.717, 1.165) is 48.3 Å². The number of aliphatic hydroxyl groups is 1. The smallest absolute Gasteiger partial charge is 0.251 e. The first-order valence-electron chi connectivity index (χ1n) is 18.3. The molecule has 3 saturated carbocycles. The summed E-state index contributed by atoms with van der Waals surface area (Å²) in [4.78, 5) is 38.3. The van der Waals surface area contributed by atoms with E-state index >= 15 is 0 Å². The number of para-hydroxylation sites is 1. The van der Waals surface area contributed by atoms with Gasteiger partial charge in [0.05, 0.1) is 25.9 Å². The van der Waals surface area contributed by atoms with Crippen LogP contribution in [0.25, 0.3) is 11.1 Å². The van der Waals surface area contributed by atoms with Crippen LogP contribution in [0.1, 0.15) is 62.9 Å². The summed E-state index contributed by atoms with van der Waals surface area (Å²) in [7, 11) is 7.62. The summed E-state index contributed by atoms with van der Waals surface area (Å²) in [6.45, 7) is 10.9. The van der Waals surface area contributed by atoms with E-state index in [1.807, 2.05) is 49.3 Å². The molecule has 7 rings (SSSR count). The average molecular weight is 691 g/mol. The Bertz CT molecular complexity index is 1560. The molecule has 274 valence electrons. The summed E-state index contributed by atoms with van der Waals surface area (Å²) in [5.41, 5.74) is 10.4. The Morgan fingerprint density at radius 3 is 2.54 bits per heavy atom. The lowest BCUT2D eigenvalue weighted by Crippen LogP contribution is -2.62. The van der Waals surface area contributed by atoms with E-state index in [1.165, 1.54) is 6.42 Å². The first-order valence-corrected chi connectivity index (χ1v) is 18.3. The Morgan fingerprint density at radius 2 is 1.94 bits per heavy atom. The molecule has 50 heavy (non-hydrogen) atoms. The molecule has 5 aliphatic rings. The number of carbonyl (C=O) groups excluding carboxylic acids is 2. The number of likely N-dealkylation sites (N-methyl/N-ethyl adjacent to an activating group) is 1. The zero-order valence-electron chi connectivity index (χ0n) is 31.1. The van der Waals surface area contributed by atoms with Gasteiger partial charge in [-0.25, -0.2) is 0 Å². The van der Waals surface area contributed by atoms with Crippen LogP contribution in [0.5, 0.6) is 5.75 Å². The number of hydrogen-bond acceptors (Lipinski definition) is 9. The molecular weight excluding hydrogens is 632 g/mol. The van der Waals surface area contributed by atoms with E-state index in [4.69, 9.17) is 15.3 Å². The molecule has 11 heteroatoms. The second-order valence-electron chi connectivity index (χ2n) is 16.2. The van der Waals surface area contributed by atoms with Gasteiger partial charge < -0.3 is 36.0 Å². The summed E-state index contributed by atoms with van der Waals surface area (Å²) in [6.07, 6.45) is 1.78. The standard InChI is InChI=1S/C39H58N6O5/c1-22-31-17-27(39(31,3)4)18-32(22)42-38(48)35-34(23(2)46)33(19-40)50-45(35)20-24-10-9-11-30(36(24)49-8)25-14-26(16-29(15-25)43(5)6)37(47)41-28-12-13-44(7)21-28/h9-11,14-16,22-23,27-28,31-35,46H,12-13,17-21,40H2,1-8H3,(H,41,47)(H,42,48)/t22-,23-,27+,28+,31+,32-,33-,34+,35-/m0/s1. The number of rotatable bonds is 11. The van der Waals surface area contributed by atoms with Gasteiger partial charge >= 0.3 is 0 Å². The van der Waals surface area contributed by atoms with Crippen molar-refractivity contribution in [3.05, 3.63) is 47.5 Å². The molecule has 5 N–H and O–H groups in total. The van der Waals surface area contributed by atoms with Gasteiger partial charge in [0, 0.05) is 67.6 Å². The molecule has 2 aliphatic heterocycles. The minimum atomic E-state index is -0.809. The van der Waals surface area contributed by atoms with Crippen LogP contribution >= 0.6 is 0 Å². The Balaban J connectivity index is 1.28. The lowest BCUT2D eigenvalue weighted by Gasteiger charge is -2.62. The van der Waals surface area contributed by atoms with Crippen LogP contribution in [0.3, 0.4) is 0 Å². The van der Waals surface area contributed by atoms with Crippen molar-refractivity contribution in [3.63, 3.8) is 0 Å². The molecule has 2 saturated heterocycles. The first-order chi connectivity index (χ1) is 23.7. The van der Waals surface area contributed by atoms with Crippen molar-refractivity contribution in [2.75, 3.05) is 52.8 Å². The van der Waals surface area contributed by atoms with E-state index in [2.05, 4.69) is 49.4 Å². The van der Waals surface area contributed by atoms with Crippen molar-refractivity contribution in [1.82, 2.24) is 20.6 Å². The number of benzene rings is 2. The number of hydrogen-bond donors (Lipinski definition) is 4. The highest BCUT2D eigenvalue weighted by Crippen LogP contribution is 2.61. The number of nitrogens with zero attached hydrogens (tertiary/aromatic N) is 3. The molecule has 0 spiro atoms. The highest BCUT2D eigenvalue weighted by Gasteiger charge is 2.57. The summed E-state index contributed by atoms with van der Waals surface area (Å²) in [6, 6.07) is 11.2. The number of hydroxylamine groups is 2. The molecule has 0 radical (unpaired) electrons. The average Bonchev–Trinajstić information content (AvgIpc) is 3.67. The van der Waals surface area contributed by atoms with Gasteiger partial charge in [0.15, 0.2) is 0 Å². The number of methoxy groups -OCH3 is 1. The van der Waals surface area contributed by atoms with Gasteiger partial charge in [0.25, 0.3) is 5.91 Å². The van der Waals surface area contributed by atoms with Crippen LogP contribution < -0.4 is 26.0 Å². The molecule has 3 aliphatic carbocycles. The van der Waals surface area contributed by atoms with Crippen LogP contribution in [-0.2, 0) is 16.2 Å². The molecule has 0 unspecified atom stereocenters. The number of likely N-dealkylation sites (tertiary alicyclic amines) is 1. The highest BCUT2D eigenvalue weighted by molar-refractivity contribution is 5.97. The number of nitrogens with two attached hydrogens (primary N) is 1. The third-order valence-electron chi connectivity index (χ3n) is 12.5. The van der Waals surface area contributed by atoms with Gasteiger partial charge in [-0.3, -0.25) is 14.4 Å². The predicted octanol–water partition coefficient (Wildman–Crippen LogP) is 3.49. The molecule has 2 aromatic carbocycles.